The average molecular weight is 277 g/mol. The molecule has 2 heterocycles. The minimum atomic E-state index is 0.351. The summed E-state index contributed by atoms with van der Waals surface area (Å²) < 4.78 is 11.0. The van der Waals surface area contributed by atoms with Crippen LogP contribution in [0.4, 0.5) is 5.69 Å². The molecule has 0 radical (unpaired) electrons. The highest BCUT2D eigenvalue weighted by atomic mass is 16.5. The number of fused-ring (bicyclic) bond motifs is 1. The number of aromatic nitrogens is 2. The summed E-state index contributed by atoms with van der Waals surface area (Å²) in [7, 11) is 0. The van der Waals surface area contributed by atoms with Gasteiger partial charge in [0.2, 0.25) is 5.82 Å². The predicted molar refractivity (Wildman–Crippen MR) is 79.4 cm³/mol. The summed E-state index contributed by atoms with van der Waals surface area (Å²) in [6.07, 6.45) is 0. The van der Waals surface area contributed by atoms with Gasteiger partial charge in [-0.05, 0) is 24.3 Å². The number of benzene rings is 2. The molecule has 0 unspecified atom stereocenters. The Bertz CT molecular complexity index is 891. The van der Waals surface area contributed by atoms with E-state index >= 15 is 0 Å². The molecule has 0 aliphatic carbocycles. The molecule has 0 aliphatic rings. The van der Waals surface area contributed by atoms with Gasteiger partial charge in [0.05, 0.1) is 0 Å². The van der Waals surface area contributed by atoms with Crippen LogP contribution in [-0.2, 0) is 0 Å². The van der Waals surface area contributed by atoms with E-state index in [-0.39, 0.29) is 0 Å². The Morgan fingerprint density at radius 2 is 1.86 bits per heavy atom. The maximum absolute atomic E-state index is 5.76. The Morgan fingerprint density at radius 3 is 2.71 bits per heavy atom. The molecule has 2 aromatic carbocycles. The predicted octanol–water partition coefficient (Wildman–Crippen LogP) is 3.73. The van der Waals surface area contributed by atoms with Crippen molar-refractivity contribution < 1.29 is 8.94 Å². The number of hydrogen-bond donors (Lipinski definition) is 1. The molecule has 4 rings (SSSR count). The number of furan rings is 1. The lowest BCUT2D eigenvalue weighted by molar-refractivity contribution is 0.420. The van der Waals surface area contributed by atoms with Gasteiger partial charge in [0.15, 0.2) is 5.76 Å². The number of hydrogen-bond acceptors (Lipinski definition) is 5. The van der Waals surface area contributed by atoms with Crippen LogP contribution in [0.5, 0.6) is 0 Å². The molecule has 0 amide bonds. The molecule has 0 atom stereocenters. The summed E-state index contributed by atoms with van der Waals surface area (Å²) in [5, 5.41) is 4.97. The second-order valence-electron chi connectivity index (χ2n) is 4.70. The van der Waals surface area contributed by atoms with Crippen molar-refractivity contribution in [1.29, 1.82) is 0 Å². The van der Waals surface area contributed by atoms with Crippen molar-refractivity contribution in [2.75, 3.05) is 5.73 Å². The maximum Gasteiger partial charge on any atom is 0.293 e. The second-order valence-corrected chi connectivity index (χ2v) is 4.70. The Balaban J connectivity index is 1.77. The van der Waals surface area contributed by atoms with E-state index in [1.54, 1.807) is 6.07 Å². The van der Waals surface area contributed by atoms with Crippen LogP contribution in [0.2, 0.25) is 0 Å². The molecule has 0 bridgehead atoms. The Labute approximate surface area is 120 Å². The lowest BCUT2D eigenvalue weighted by Gasteiger charge is -1.95. The van der Waals surface area contributed by atoms with Gasteiger partial charge in [0, 0.05) is 16.6 Å². The van der Waals surface area contributed by atoms with Gasteiger partial charge in [0.25, 0.3) is 5.89 Å². The number of nitrogens with two attached hydrogens (primary N) is 1. The maximum atomic E-state index is 5.76. The first-order valence-electron chi connectivity index (χ1n) is 6.48. The van der Waals surface area contributed by atoms with Gasteiger partial charge < -0.3 is 14.7 Å². The van der Waals surface area contributed by atoms with Crippen LogP contribution in [0.3, 0.4) is 0 Å². The van der Waals surface area contributed by atoms with Crippen LogP contribution < -0.4 is 5.73 Å². The first-order valence-corrected chi connectivity index (χ1v) is 6.48. The van der Waals surface area contributed by atoms with E-state index < -0.39 is 0 Å². The number of anilines is 1. The first kappa shape index (κ1) is 11.7. The Morgan fingerprint density at radius 1 is 0.952 bits per heavy atom. The molecule has 0 saturated carbocycles. The van der Waals surface area contributed by atoms with Crippen molar-refractivity contribution in [2.24, 2.45) is 0 Å². The molecule has 21 heavy (non-hydrogen) atoms. The molecule has 102 valence electrons. The quantitative estimate of drug-likeness (QED) is 0.565. The fraction of sp³-hybridized carbons (Fsp3) is 0. The summed E-state index contributed by atoms with van der Waals surface area (Å²) in [6.45, 7) is 0. The third-order valence-corrected chi connectivity index (χ3v) is 3.21. The molecular weight excluding hydrogens is 266 g/mol. The summed E-state index contributed by atoms with van der Waals surface area (Å²) >= 11 is 0. The number of nitrogen functional groups attached to an aromatic ring is 1. The molecule has 2 N–H and O–H groups in total. The van der Waals surface area contributed by atoms with E-state index in [1.807, 2.05) is 48.5 Å². The first-order chi connectivity index (χ1) is 10.3. The van der Waals surface area contributed by atoms with Gasteiger partial charge in [-0.25, -0.2) is 0 Å². The largest absolute Gasteiger partial charge is 0.451 e. The summed E-state index contributed by atoms with van der Waals surface area (Å²) in [5.74, 6) is 1.39. The van der Waals surface area contributed by atoms with Crippen LogP contribution in [-0.4, -0.2) is 10.1 Å². The topological polar surface area (TPSA) is 78.1 Å². The molecule has 0 fully saturated rings. The van der Waals surface area contributed by atoms with Crippen molar-refractivity contribution in [3.05, 3.63) is 54.6 Å². The molecule has 5 nitrogen and oxygen atoms in total. The highest BCUT2D eigenvalue weighted by Gasteiger charge is 2.14. The van der Waals surface area contributed by atoms with E-state index in [1.165, 1.54) is 0 Å². The highest BCUT2D eigenvalue weighted by Crippen LogP contribution is 2.28. The van der Waals surface area contributed by atoms with Crippen molar-refractivity contribution in [3.8, 4) is 23.0 Å². The van der Waals surface area contributed by atoms with E-state index in [2.05, 4.69) is 10.1 Å². The van der Waals surface area contributed by atoms with Crippen LogP contribution in [0, 0.1) is 0 Å². The minimum absolute atomic E-state index is 0.351. The second kappa shape index (κ2) is 4.49. The van der Waals surface area contributed by atoms with Gasteiger partial charge in [0.1, 0.15) is 5.58 Å². The lowest BCUT2D eigenvalue weighted by Crippen LogP contribution is -1.86. The van der Waals surface area contributed by atoms with Crippen LogP contribution >= 0.6 is 0 Å². The summed E-state index contributed by atoms with van der Waals surface area (Å²) in [5.41, 5.74) is 8.01. The van der Waals surface area contributed by atoms with Crippen LogP contribution in [0.1, 0.15) is 0 Å². The van der Waals surface area contributed by atoms with Crippen LogP contribution in [0.25, 0.3) is 34.0 Å². The average Bonchev–Trinajstić information content (AvgIpc) is 3.14. The van der Waals surface area contributed by atoms with Gasteiger partial charge in [-0.1, -0.05) is 35.5 Å². The van der Waals surface area contributed by atoms with E-state index in [4.69, 9.17) is 14.7 Å². The molecule has 0 saturated heterocycles. The zero-order valence-electron chi connectivity index (χ0n) is 11.0. The highest BCUT2D eigenvalue weighted by molar-refractivity contribution is 5.81. The third-order valence-electron chi connectivity index (χ3n) is 3.21. The molecule has 4 aromatic rings. The fourth-order valence-electron chi connectivity index (χ4n) is 2.21. The van der Waals surface area contributed by atoms with Gasteiger partial charge in [-0.2, -0.15) is 4.98 Å². The van der Waals surface area contributed by atoms with Crippen molar-refractivity contribution in [2.45, 2.75) is 0 Å². The normalized spacial score (nSPS) is 11.0. The van der Waals surface area contributed by atoms with Crippen molar-refractivity contribution >= 4 is 16.7 Å². The molecule has 0 spiro atoms. The molecule has 5 heteroatoms. The zero-order chi connectivity index (χ0) is 14.2. The molecule has 0 aliphatic heterocycles. The van der Waals surface area contributed by atoms with Crippen molar-refractivity contribution in [3.63, 3.8) is 0 Å². The van der Waals surface area contributed by atoms with Crippen LogP contribution in [0.15, 0.2) is 63.5 Å². The molecular formula is C16H11N3O2. The van der Waals surface area contributed by atoms with E-state index in [0.717, 1.165) is 16.5 Å². The molecule has 2 aromatic heterocycles. The van der Waals surface area contributed by atoms with Gasteiger partial charge in [-0.15, -0.1) is 0 Å². The van der Waals surface area contributed by atoms with E-state index in [9.17, 15) is 0 Å². The Kier molecular flexibility index (Phi) is 2.50. The monoisotopic (exact) mass is 277 g/mol. The zero-order valence-corrected chi connectivity index (χ0v) is 11.0. The fourth-order valence-corrected chi connectivity index (χ4v) is 2.21. The number of para-hydroxylation sites is 1. The summed E-state index contributed by atoms with van der Waals surface area (Å²) in [6, 6.07) is 17.0. The van der Waals surface area contributed by atoms with Gasteiger partial charge in [-0.3, -0.25) is 0 Å². The minimum Gasteiger partial charge on any atom is -0.451 e. The third kappa shape index (κ3) is 2.04. The number of nitrogens with zero attached hydrogens (tertiary/aromatic N) is 2. The standard InChI is InChI=1S/C16H11N3O2/c17-12-6-3-5-11(8-12)15-18-16(21-19-15)14-9-10-4-1-2-7-13(10)20-14/h1-9H,17H2. The SMILES string of the molecule is Nc1cccc(-c2noc(-c3cc4ccccc4o3)n2)c1. The number of rotatable bonds is 2. The van der Waals surface area contributed by atoms with E-state index in [0.29, 0.717) is 23.2 Å². The van der Waals surface area contributed by atoms with Crippen molar-refractivity contribution in [1.82, 2.24) is 10.1 Å². The Hall–Kier alpha value is -3.08. The lowest BCUT2D eigenvalue weighted by atomic mass is 10.2. The summed E-state index contributed by atoms with van der Waals surface area (Å²) in [4.78, 5) is 4.36. The van der Waals surface area contributed by atoms with Gasteiger partial charge >= 0.3 is 0 Å². The smallest absolute Gasteiger partial charge is 0.293 e.